The van der Waals surface area contributed by atoms with E-state index in [-0.39, 0.29) is 29.4 Å². The van der Waals surface area contributed by atoms with Crippen molar-refractivity contribution in [3.63, 3.8) is 0 Å². The van der Waals surface area contributed by atoms with E-state index in [9.17, 15) is 0 Å². The van der Waals surface area contributed by atoms with Gasteiger partial charge in [0.2, 0.25) is 0 Å². The lowest BCUT2D eigenvalue weighted by atomic mass is 9.82. The van der Waals surface area contributed by atoms with Crippen LogP contribution in [0.2, 0.25) is 0 Å². The molecule has 0 radical (unpaired) electrons. The van der Waals surface area contributed by atoms with Crippen molar-refractivity contribution in [2.24, 2.45) is 45.7 Å². The minimum absolute atomic E-state index is 0.148. The van der Waals surface area contributed by atoms with Gasteiger partial charge in [0, 0.05) is 61.0 Å². The van der Waals surface area contributed by atoms with E-state index in [0.29, 0.717) is 19.0 Å². The van der Waals surface area contributed by atoms with Gasteiger partial charge in [0.1, 0.15) is 0 Å². The Hall–Kier alpha value is -2.34. The van der Waals surface area contributed by atoms with Crippen LogP contribution in [-0.4, -0.2) is 53.9 Å². The molecule has 218 valence electrons. The van der Waals surface area contributed by atoms with Gasteiger partial charge in [-0.2, -0.15) is 0 Å². The highest BCUT2D eigenvalue weighted by Gasteiger charge is 2.35. The number of likely N-dealkylation sites (tertiary alicyclic amines) is 1. The van der Waals surface area contributed by atoms with Crippen LogP contribution in [0.15, 0.2) is 59.9 Å². The van der Waals surface area contributed by atoms with E-state index in [1.807, 2.05) is 6.07 Å². The average Bonchev–Trinajstić information content (AvgIpc) is 2.89. The van der Waals surface area contributed by atoms with Crippen LogP contribution in [0, 0.1) is 17.8 Å². The first-order valence-corrected chi connectivity index (χ1v) is 15.0. The van der Waals surface area contributed by atoms with E-state index in [1.165, 1.54) is 11.3 Å². The van der Waals surface area contributed by atoms with Crippen molar-refractivity contribution in [3.8, 4) is 0 Å². The molecule has 1 aliphatic heterocycles. The van der Waals surface area contributed by atoms with Crippen molar-refractivity contribution >= 4 is 20.1 Å². The molecular weight excluding hydrogens is 501 g/mol. The zero-order valence-electron chi connectivity index (χ0n) is 24.6. The molecule has 1 aliphatic rings. The largest absolute Gasteiger partial charge is 0.385 e. The molecule has 1 fully saturated rings. The summed E-state index contributed by atoms with van der Waals surface area (Å²) in [5.74, 6) is 1.07. The van der Waals surface area contributed by atoms with E-state index in [4.69, 9.17) is 22.9 Å². The fourth-order valence-corrected chi connectivity index (χ4v) is 5.77. The molecule has 39 heavy (non-hydrogen) atoms. The van der Waals surface area contributed by atoms with E-state index >= 15 is 0 Å². The predicted molar refractivity (Wildman–Crippen MR) is 172 cm³/mol. The van der Waals surface area contributed by atoms with Crippen molar-refractivity contribution in [1.82, 2.24) is 10.2 Å². The van der Waals surface area contributed by atoms with E-state index in [1.54, 1.807) is 0 Å². The second kappa shape index (κ2) is 16.1. The van der Waals surface area contributed by atoms with Crippen LogP contribution < -0.4 is 28.3 Å². The highest BCUT2D eigenvalue weighted by molar-refractivity contribution is 7.21. The maximum absolute atomic E-state index is 6.67. The fraction of sp³-hybridized carbons (Fsp3) is 0.613. The SMILES string of the molecule is C=C(N[C@H](CC(C)C)C(CCCCN=C(N)N)C(=C)N1CCC(N)(C(C)=P)CC1)C(CN)Cc1ccccc1. The molecule has 3 atom stereocenters. The molecule has 0 spiro atoms. The summed E-state index contributed by atoms with van der Waals surface area (Å²) >= 11 is 0. The Morgan fingerprint density at radius 1 is 1.13 bits per heavy atom. The Bertz CT molecular complexity index is 947. The topological polar surface area (TPSA) is 132 Å². The van der Waals surface area contributed by atoms with Crippen LogP contribution in [0.4, 0.5) is 0 Å². The van der Waals surface area contributed by atoms with Gasteiger partial charge in [-0.1, -0.05) is 63.8 Å². The van der Waals surface area contributed by atoms with Crippen LogP contribution >= 0.6 is 8.86 Å². The standard InChI is InChI=1S/C31H54N7P/c1-22(2)19-29(37-23(3)27(21-32)20-26-11-7-6-8-12-26)28(13-9-10-16-36-30(33)34)24(4)38-17-14-31(35,15-18-38)25(5)39/h6-8,11-12,22,27-29,37,39H,3-4,9-10,13-21,32,35H2,1-2,5H3,(H4,33,34,36)/t27?,28?,29-/m1/s1. The van der Waals surface area contributed by atoms with Gasteiger partial charge in [-0.15, -0.1) is 8.86 Å². The number of benzene rings is 1. The molecule has 0 aromatic heterocycles. The van der Waals surface area contributed by atoms with Gasteiger partial charge in [0.25, 0.3) is 0 Å². The number of nitrogens with one attached hydrogen (secondary N) is 1. The Morgan fingerprint density at radius 2 is 1.77 bits per heavy atom. The zero-order chi connectivity index (χ0) is 29.0. The predicted octanol–water partition coefficient (Wildman–Crippen LogP) is 4.02. The number of hydrogen-bond acceptors (Lipinski definition) is 5. The lowest BCUT2D eigenvalue weighted by Crippen LogP contribution is -2.54. The molecule has 2 rings (SSSR count). The number of aliphatic imine (C=N–C) groups is 1. The van der Waals surface area contributed by atoms with E-state index < -0.39 is 0 Å². The van der Waals surface area contributed by atoms with Gasteiger partial charge in [-0.25, -0.2) is 0 Å². The number of nitrogens with zero attached hydrogens (tertiary/aromatic N) is 2. The van der Waals surface area contributed by atoms with Crippen LogP contribution in [-0.2, 0) is 6.42 Å². The first-order chi connectivity index (χ1) is 18.5. The van der Waals surface area contributed by atoms with Crippen molar-refractivity contribution in [3.05, 3.63) is 60.4 Å². The quantitative estimate of drug-likeness (QED) is 0.0854. The van der Waals surface area contributed by atoms with Gasteiger partial charge in [0.15, 0.2) is 5.96 Å². The normalized spacial score (nSPS) is 17.2. The minimum atomic E-state index is -0.265. The summed E-state index contributed by atoms with van der Waals surface area (Å²) in [5.41, 5.74) is 27.2. The van der Waals surface area contributed by atoms with Crippen molar-refractivity contribution in [1.29, 1.82) is 0 Å². The highest BCUT2D eigenvalue weighted by Crippen LogP contribution is 2.32. The molecule has 8 heteroatoms. The van der Waals surface area contributed by atoms with Crippen molar-refractivity contribution < 1.29 is 0 Å². The second-order valence-electron chi connectivity index (χ2n) is 11.7. The monoisotopic (exact) mass is 555 g/mol. The van der Waals surface area contributed by atoms with Crippen molar-refractivity contribution in [2.45, 2.75) is 77.3 Å². The summed E-state index contributed by atoms with van der Waals surface area (Å²) in [4.78, 5) is 6.63. The highest BCUT2D eigenvalue weighted by atomic mass is 31.0. The maximum Gasteiger partial charge on any atom is 0.185 e. The third-order valence-corrected chi connectivity index (χ3v) is 8.64. The Balaban J connectivity index is 2.22. The average molecular weight is 556 g/mol. The van der Waals surface area contributed by atoms with Crippen LogP contribution in [0.3, 0.4) is 0 Å². The summed E-state index contributed by atoms with van der Waals surface area (Å²) in [6.45, 7) is 18.8. The number of guanidine groups is 1. The summed E-state index contributed by atoms with van der Waals surface area (Å²) in [5, 5.41) is 4.98. The van der Waals surface area contributed by atoms with E-state index in [2.05, 4.69) is 82.3 Å². The summed E-state index contributed by atoms with van der Waals surface area (Å²) in [6, 6.07) is 10.7. The molecule has 0 amide bonds. The second-order valence-corrected chi connectivity index (χ2v) is 12.4. The number of unbranched alkanes of at least 4 members (excludes halogenated alkanes) is 1. The summed E-state index contributed by atoms with van der Waals surface area (Å²) in [7, 11) is 3.71. The van der Waals surface area contributed by atoms with Gasteiger partial charge < -0.3 is 33.2 Å². The lowest BCUT2D eigenvalue weighted by molar-refractivity contribution is 0.194. The third kappa shape index (κ3) is 10.6. The van der Waals surface area contributed by atoms with E-state index in [0.717, 1.165) is 69.0 Å². The Kier molecular flexibility index (Phi) is 13.5. The molecule has 2 unspecified atom stereocenters. The van der Waals surface area contributed by atoms with Crippen LogP contribution in [0.25, 0.3) is 0 Å². The summed E-state index contributed by atoms with van der Waals surface area (Å²) < 4.78 is 0. The maximum atomic E-state index is 6.67. The smallest absolute Gasteiger partial charge is 0.185 e. The molecule has 7 nitrogen and oxygen atoms in total. The third-order valence-electron chi connectivity index (χ3n) is 8.14. The molecule has 0 aliphatic carbocycles. The molecule has 0 saturated carbocycles. The van der Waals surface area contributed by atoms with Gasteiger partial charge >= 0.3 is 0 Å². The minimum Gasteiger partial charge on any atom is -0.385 e. The first kappa shape index (κ1) is 32.9. The molecule has 1 aromatic rings. The van der Waals surface area contributed by atoms with Gasteiger partial charge in [0.05, 0.1) is 0 Å². The number of nitrogens with two attached hydrogens (primary N) is 4. The molecule has 9 N–H and O–H groups in total. The lowest BCUT2D eigenvalue weighted by Gasteiger charge is -2.44. The van der Waals surface area contributed by atoms with Gasteiger partial charge in [-0.3, -0.25) is 4.99 Å². The Labute approximate surface area is 239 Å². The molecule has 1 saturated heterocycles. The molecule has 1 heterocycles. The van der Waals surface area contributed by atoms with Gasteiger partial charge in [-0.05, 0) is 62.2 Å². The molecule has 1 aromatic carbocycles. The first-order valence-electron chi connectivity index (χ1n) is 14.5. The number of hydrogen-bond donors (Lipinski definition) is 5. The number of piperidine rings is 1. The molecular formula is C31H54N7P. The van der Waals surface area contributed by atoms with Crippen molar-refractivity contribution in [2.75, 3.05) is 26.2 Å². The van der Waals surface area contributed by atoms with Crippen LogP contribution in [0.5, 0.6) is 0 Å². The zero-order valence-corrected chi connectivity index (χ0v) is 25.6. The fourth-order valence-electron chi connectivity index (χ4n) is 5.52. The Morgan fingerprint density at radius 3 is 2.31 bits per heavy atom. The summed E-state index contributed by atoms with van der Waals surface area (Å²) in [6.07, 6.45) is 6.63. The number of rotatable bonds is 17. The van der Waals surface area contributed by atoms with Crippen LogP contribution in [0.1, 0.15) is 64.9 Å². The molecule has 0 bridgehead atoms.